The number of hydrogen-bond acceptors (Lipinski definition) is 3. The highest BCUT2D eigenvalue weighted by Crippen LogP contribution is 2.33. The fourth-order valence-electron chi connectivity index (χ4n) is 2.61. The topological polar surface area (TPSA) is 21.7 Å². The largest absolute Gasteiger partial charge is 0.369 e. The highest BCUT2D eigenvalue weighted by molar-refractivity contribution is 5.48. The molecule has 0 atom stereocenters. The quantitative estimate of drug-likeness (QED) is 0.768. The van der Waals surface area contributed by atoms with Crippen LogP contribution in [0.4, 0.5) is 14.5 Å². The van der Waals surface area contributed by atoms with E-state index in [9.17, 15) is 8.78 Å². The highest BCUT2D eigenvalue weighted by Gasteiger charge is 2.40. The van der Waals surface area contributed by atoms with E-state index in [2.05, 4.69) is 0 Å². The Bertz CT molecular complexity index is 437. The third kappa shape index (κ3) is 2.08. The number of piperidine rings is 1. The Kier molecular flexibility index (Phi) is 2.95. The molecule has 1 spiro atoms. The Morgan fingerprint density at radius 3 is 2.33 bits per heavy atom. The van der Waals surface area contributed by atoms with Crippen LogP contribution in [0.15, 0.2) is 18.2 Å². The van der Waals surface area contributed by atoms with Crippen LogP contribution in [0.1, 0.15) is 12.8 Å². The van der Waals surface area contributed by atoms with Crippen molar-refractivity contribution in [3.63, 3.8) is 0 Å². The third-order valence-corrected chi connectivity index (χ3v) is 3.59. The summed E-state index contributed by atoms with van der Waals surface area (Å²) in [5.41, 5.74) is 0.448. The van der Waals surface area contributed by atoms with E-state index in [1.54, 1.807) is 0 Å². The van der Waals surface area contributed by atoms with E-state index in [1.807, 2.05) is 4.90 Å². The maximum Gasteiger partial charge on any atom is 0.171 e. The zero-order valence-electron chi connectivity index (χ0n) is 9.99. The minimum absolute atomic E-state index is 0.448. The van der Waals surface area contributed by atoms with E-state index in [0.717, 1.165) is 6.07 Å². The van der Waals surface area contributed by atoms with Crippen LogP contribution in [-0.2, 0) is 9.47 Å². The van der Waals surface area contributed by atoms with E-state index < -0.39 is 17.4 Å². The Balaban J connectivity index is 1.72. The molecular weight excluding hydrogens is 240 g/mol. The van der Waals surface area contributed by atoms with Gasteiger partial charge in [-0.2, -0.15) is 0 Å². The van der Waals surface area contributed by atoms with E-state index >= 15 is 0 Å². The first-order chi connectivity index (χ1) is 8.69. The molecule has 1 aromatic carbocycles. The first kappa shape index (κ1) is 11.9. The molecule has 0 radical (unpaired) electrons. The van der Waals surface area contributed by atoms with Crippen molar-refractivity contribution in [2.45, 2.75) is 18.6 Å². The first-order valence-corrected chi connectivity index (χ1v) is 6.16. The van der Waals surface area contributed by atoms with Gasteiger partial charge in [0.25, 0.3) is 0 Å². The standard InChI is InChI=1S/C13H15F2NO2/c14-10-1-2-12(11(15)9-10)16-5-3-13(4-6-16)17-7-8-18-13/h1-2,9H,3-8H2. The second-order valence-electron chi connectivity index (χ2n) is 4.69. The zero-order chi connectivity index (χ0) is 12.6. The van der Waals surface area contributed by atoms with Crippen molar-refractivity contribution < 1.29 is 18.3 Å². The summed E-state index contributed by atoms with van der Waals surface area (Å²) in [6.07, 6.45) is 1.42. The summed E-state index contributed by atoms with van der Waals surface area (Å²) in [4.78, 5) is 1.91. The van der Waals surface area contributed by atoms with Gasteiger partial charge in [-0.25, -0.2) is 8.78 Å². The molecule has 3 nitrogen and oxygen atoms in total. The Hall–Kier alpha value is -1.20. The van der Waals surface area contributed by atoms with Crippen molar-refractivity contribution >= 4 is 5.69 Å². The van der Waals surface area contributed by atoms with Gasteiger partial charge in [-0.15, -0.1) is 0 Å². The molecule has 2 fully saturated rings. The maximum atomic E-state index is 13.7. The normalized spacial score (nSPS) is 22.7. The van der Waals surface area contributed by atoms with Crippen molar-refractivity contribution in [2.75, 3.05) is 31.2 Å². The van der Waals surface area contributed by atoms with E-state index in [1.165, 1.54) is 12.1 Å². The van der Waals surface area contributed by atoms with Gasteiger partial charge in [-0.1, -0.05) is 0 Å². The molecule has 0 aromatic heterocycles. The summed E-state index contributed by atoms with van der Waals surface area (Å²) < 4.78 is 37.7. The fraction of sp³-hybridized carbons (Fsp3) is 0.538. The number of ether oxygens (including phenoxy) is 2. The van der Waals surface area contributed by atoms with Crippen molar-refractivity contribution in [3.8, 4) is 0 Å². The minimum atomic E-state index is -0.549. The lowest BCUT2D eigenvalue weighted by Crippen LogP contribution is -2.45. The molecule has 3 rings (SSSR count). The number of hydrogen-bond donors (Lipinski definition) is 0. The van der Waals surface area contributed by atoms with Crippen molar-refractivity contribution in [2.24, 2.45) is 0 Å². The molecule has 5 heteroatoms. The highest BCUT2D eigenvalue weighted by atomic mass is 19.1. The lowest BCUT2D eigenvalue weighted by atomic mass is 10.0. The van der Waals surface area contributed by atoms with Crippen molar-refractivity contribution in [1.29, 1.82) is 0 Å². The average molecular weight is 255 g/mol. The van der Waals surface area contributed by atoms with E-state index in [4.69, 9.17) is 9.47 Å². The van der Waals surface area contributed by atoms with Crippen LogP contribution in [0.25, 0.3) is 0 Å². The van der Waals surface area contributed by atoms with Crippen LogP contribution < -0.4 is 4.90 Å². The Morgan fingerprint density at radius 2 is 1.72 bits per heavy atom. The summed E-state index contributed by atoms with van der Waals surface area (Å²) in [5, 5.41) is 0. The zero-order valence-corrected chi connectivity index (χ0v) is 9.99. The Labute approximate surface area is 104 Å². The molecule has 2 aliphatic heterocycles. The number of anilines is 1. The molecule has 2 heterocycles. The van der Waals surface area contributed by atoms with Gasteiger partial charge in [0.15, 0.2) is 5.79 Å². The molecule has 0 unspecified atom stereocenters. The predicted octanol–water partition coefficient (Wildman–Crippen LogP) is 2.31. The summed E-state index contributed by atoms with van der Waals surface area (Å²) in [5.74, 6) is -1.53. The van der Waals surface area contributed by atoms with Crippen molar-refractivity contribution in [1.82, 2.24) is 0 Å². The molecule has 1 aromatic rings. The molecule has 2 aliphatic rings. The van der Waals surface area contributed by atoms with Gasteiger partial charge in [0.1, 0.15) is 11.6 Å². The van der Waals surface area contributed by atoms with Gasteiger partial charge in [0, 0.05) is 32.0 Å². The van der Waals surface area contributed by atoms with E-state index in [-0.39, 0.29) is 0 Å². The molecule has 98 valence electrons. The van der Waals surface area contributed by atoms with Gasteiger partial charge >= 0.3 is 0 Å². The second-order valence-corrected chi connectivity index (χ2v) is 4.69. The number of rotatable bonds is 1. The van der Waals surface area contributed by atoms with Crippen LogP contribution in [0.5, 0.6) is 0 Å². The van der Waals surface area contributed by atoms with Crippen LogP contribution in [0.2, 0.25) is 0 Å². The summed E-state index contributed by atoms with van der Waals surface area (Å²) >= 11 is 0. The monoisotopic (exact) mass is 255 g/mol. The van der Waals surface area contributed by atoms with Gasteiger partial charge in [0.05, 0.1) is 18.9 Å². The molecule has 18 heavy (non-hydrogen) atoms. The van der Waals surface area contributed by atoms with Crippen LogP contribution in [0, 0.1) is 11.6 Å². The van der Waals surface area contributed by atoms with Crippen LogP contribution >= 0.6 is 0 Å². The van der Waals surface area contributed by atoms with Gasteiger partial charge in [-0.05, 0) is 12.1 Å². The number of nitrogens with zero attached hydrogens (tertiary/aromatic N) is 1. The Morgan fingerprint density at radius 1 is 1.06 bits per heavy atom. The van der Waals surface area contributed by atoms with Gasteiger partial charge in [0.2, 0.25) is 0 Å². The summed E-state index contributed by atoms with van der Waals surface area (Å²) in [7, 11) is 0. The molecule has 0 aliphatic carbocycles. The number of halogens is 2. The lowest BCUT2D eigenvalue weighted by molar-refractivity contribution is -0.169. The lowest BCUT2D eigenvalue weighted by Gasteiger charge is -2.38. The second kappa shape index (κ2) is 4.48. The van der Waals surface area contributed by atoms with E-state index in [0.29, 0.717) is 44.8 Å². The third-order valence-electron chi connectivity index (χ3n) is 3.59. The van der Waals surface area contributed by atoms with Gasteiger partial charge in [-0.3, -0.25) is 0 Å². The van der Waals surface area contributed by atoms with Crippen LogP contribution in [-0.4, -0.2) is 32.1 Å². The predicted molar refractivity (Wildman–Crippen MR) is 62.4 cm³/mol. The smallest absolute Gasteiger partial charge is 0.171 e. The molecule has 2 saturated heterocycles. The SMILES string of the molecule is Fc1ccc(N2CCC3(CC2)OCCO3)c(F)c1. The van der Waals surface area contributed by atoms with Gasteiger partial charge < -0.3 is 14.4 Å². The summed E-state index contributed by atoms with van der Waals surface area (Å²) in [6.45, 7) is 2.57. The number of benzene rings is 1. The average Bonchev–Trinajstić information content (AvgIpc) is 2.80. The first-order valence-electron chi connectivity index (χ1n) is 6.16. The molecule has 0 saturated carbocycles. The van der Waals surface area contributed by atoms with Crippen molar-refractivity contribution in [3.05, 3.63) is 29.8 Å². The fourth-order valence-corrected chi connectivity index (χ4v) is 2.61. The molecule has 0 amide bonds. The maximum absolute atomic E-state index is 13.7. The molecule has 0 bridgehead atoms. The summed E-state index contributed by atoms with van der Waals surface area (Å²) in [6, 6.07) is 3.69. The molecular formula is C13H15F2NO2. The minimum Gasteiger partial charge on any atom is -0.369 e. The van der Waals surface area contributed by atoms with Crippen LogP contribution in [0.3, 0.4) is 0 Å². The molecule has 0 N–H and O–H groups in total.